The van der Waals surface area contributed by atoms with Crippen LogP contribution in [0.25, 0.3) is 27.3 Å². The van der Waals surface area contributed by atoms with Gasteiger partial charge < -0.3 is 4.98 Å². The number of thiazole rings is 1. The standard InChI is InChI=1S/C17H12N6S/c1-2-6-11(7-3-1)14-10-24-17-21-16(22-23(14)17)20-15-18-12-8-4-5-9-13(12)19-15/h1-10H,(H2,18,19,20,22). The number of aromatic nitrogens is 5. The summed E-state index contributed by atoms with van der Waals surface area (Å²) in [5, 5.41) is 9.77. The number of benzene rings is 2. The zero-order valence-corrected chi connectivity index (χ0v) is 13.3. The molecule has 3 heterocycles. The molecular weight excluding hydrogens is 320 g/mol. The Morgan fingerprint density at radius 3 is 2.67 bits per heavy atom. The van der Waals surface area contributed by atoms with Gasteiger partial charge in [0.05, 0.1) is 16.7 Å². The lowest BCUT2D eigenvalue weighted by atomic mass is 10.2. The monoisotopic (exact) mass is 332 g/mol. The van der Waals surface area contributed by atoms with Gasteiger partial charge in [0, 0.05) is 10.9 Å². The molecule has 0 aliphatic rings. The van der Waals surface area contributed by atoms with Gasteiger partial charge in [-0.25, -0.2) is 9.50 Å². The summed E-state index contributed by atoms with van der Waals surface area (Å²) >= 11 is 1.56. The molecule has 2 N–H and O–H groups in total. The lowest BCUT2D eigenvalue weighted by Gasteiger charge is -1.98. The number of hydrogen-bond acceptors (Lipinski definition) is 5. The second-order valence-corrected chi connectivity index (χ2v) is 6.18. The van der Waals surface area contributed by atoms with Gasteiger partial charge in [0.2, 0.25) is 10.9 Å². The molecular formula is C17H12N6S. The first kappa shape index (κ1) is 13.3. The Hall–Kier alpha value is -3.19. The molecule has 7 heteroatoms. The van der Waals surface area contributed by atoms with Crippen LogP contribution in [-0.2, 0) is 0 Å². The Morgan fingerprint density at radius 1 is 0.958 bits per heavy atom. The Morgan fingerprint density at radius 2 is 1.79 bits per heavy atom. The van der Waals surface area contributed by atoms with Crippen LogP contribution in [0.4, 0.5) is 11.9 Å². The third-order valence-electron chi connectivity index (χ3n) is 3.77. The lowest BCUT2D eigenvalue weighted by molar-refractivity contribution is 0.986. The van der Waals surface area contributed by atoms with Gasteiger partial charge in [-0.15, -0.1) is 16.4 Å². The molecule has 0 aliphatic heterocycles. The van der Waals surface area contributed by atoms with Crippen molar-refractivity contribution in [2.75, 3.05) is 5.32 Å². The van der Waals surface area contributed by atoms with E-state index in [2.05, 4.69) is 42.9 Å². The fourth-order valence-corrected chi connectivity index (χ4v) is 3.49. The van der Waals surface area contributed by atoms with Gasteiger partial charge in [0.25, 0.3) is 5.95 Å². The first-order valence-electron chi connectivity index (χ1n) is 7.48. The van der Waals surface area contributed by atoms with Crippen molar-refractivity contribution in [1.82, 2.24) is 24.6 Å². The van der Waals surface area contributed by atoms with Crippen LogP contribution in [0.15, 0.2) is 60.0 Å². The van der Waals surface area contributed by atoms with Crippen LogP contribution < -0.4 is 5.32 Å². The summed E-state index contributed by atoms with van der Waals surface area (Å²) in [5.74, 6) is 1.16. The minimum absolute atomic E-state index is 0.526. The Kier molecular flexibility index (Phi) is 2.86. The van der Waals surface area contributed by atoms with Crippen molar-refractivity contribution in [2.45, 2.75) is 0 Å². The number of nitrogens with one attached hydrogen (secondary N) is 2. The molecule has 5 rings (SSSR count). The highest BCUT2D eigenvalue weighted by molar-refractivity contribution is 7.15. The van der Waals surface area contributed by atoms with Gasteiger partial charge in [-0.3, -0.25) is 5.32 Å². The minimum atomic E-state index is 0.526. The average molecular weight is 332 g/mol. The van der Waals surface area contributed by atoms with Crippen molar-refractivity contribution in [3.63, 3.8) is 0 Å². The molecule has 2 aromatic carbocycles. The number of para-hydroxylation sites is 2. The summed E-state index contributed by atoms with van der Waals surface area (Å²) in [6, 6.07) is 18.1. The van der Waals surface area contributed by atoms with Gasteiger partial charge >= 0.3 is 0 Å². The summed E-state index contributed by atoms with van der Waals surface area (Å²) in [7, 11) is 0. The molecule has 3 aromatic heterocycles. The Balaban J connectivity index is 1.53. The van der Waals surface area contributed by atoms with Crippen LogP contribution in [0.3, 0.4) is 0 Å². The van der Waals surface area contributed by atoms with E-state index < -0.39 is 0 Å². The maximum Gasteiger partial charge on any atom is 0.250 e. The van der Waals surface area contributed by atoms with Gasteiger partial charge in [0.1, 0.15) is 0 Å². The van der Waals surface area contributed by atoms with Crippen LogP contribution in [0.1, 0.15) is 0 Å². The topological polar surface area (TPSA) is 70.9 Å². The van der Waals surface area contributed by atoms with Gasteiger partial charge in [-0.2, -0.15) is 4.98 Å². The smallest absolute Gasteiger partial charge is 0.250 e. The van der Waals surface area contributed by atoms with E-state index in [0.717, 1.165) is 27.3 Å². The van der Waals surface area contributed by atoms with Crippen LogP contribution in [-0.4, -0.2) is 24.6 Å². The highest BCUT2D eigenvalue weighted by Crippen LogP contribution is 2.26. The Bertz CT molecular complexity index is 1100. The predicted octanol–water partition coefficient (Wildman–Crippen LogP) is 4.08. The molecule has 0 amide bonds. The van der Waals surface area contributed by atoms with Crippen molar-refractivity contribution >= 4 is 39.2 Å². The van der Waals surface area contributed by atoms with E-state index in [-0.39, 0.29) is 0 Å². The van der Waals surface area contributed by atoms with E-state index in [1.54, 1.807) is 11.3 Å². The molecule has 0 aliphatic carbocycles. The molecule has 0 saturated heterocycles. The average Bonchev–Trinajstić information content (AvgIpc) is 3.28. The number of rotatable bonds is 3. The van der Waals surface area contributed by atoms with Gasteiger partial charge in [-0.1, -0.05) is 42.5 Å². The zero-order valence-electron chi connectivity index (χ0n) is 12.5. The Labute approximate surface area is 140 Å². The number of anilines is 2. The lowest BCUT2D eigenvalue weighted by Crippen LogP contribution is -1.95. The molecule has 0 spiro atoms. The highest BCUT2D eigenvalue weighted by atomic mass is 32.1. The van der Waals surface area contributed by atoms with Crippen LogP contribution in [0, 0.1) is 0 Å². The number of H-pyrrole nitrogens is 1. The minimum Gasteiger partial charge on any atom is -0.324 e. The third kappa shape index (κ3) is 2.14. The molecule has 0 fully saturated rings. The molecule has 0 unspecified atom stereocenters. The molecule has 116 valence electrons. The van der Waals surface area contributed by atoms with E-state index in [4.69, 9.17) is 0 Å². The molecule has 24 heavy (non-hydrogen) atoms. The largest absolute Gasteiger partial charge is 0.324 e. The summed E-state index contributed by atoms with van der Waals surface area (Å²) in [6.45, 7) is 0. The fraction of sp³-hybridized carbons (Fsp3) is 0. The van der Waals surface area contributed by atoms with Crippen LogP contribution >= 0.6 is 11.3 Å². The predicted molar refractivity (Wildman–Crippen MR) is 95.7 cm³/mol. The van der Waals surface area contributed by atoms with Crippen LogP contribution in [0.2, 0.25) is 0 Å². The van der Waals surface area contributed by atoms with Gasteiger partial charge in [-0.05, 0) is 12.1 Å². The van der Waals surface area contributed by atoms with Crippen molar-refractivity contribution in [1.29, 1.82) is 0 Å². The quantitative estimate of drug-likeness (QED) is 0.522. The molecule has 0 bridgehead atoms. The van der Waals surface area contributed by atoms with E-state index in [1.807, 2.05) is 47.0 Å². The number of hydrogen-bond donors (Lipinski definition) is 2. The molecule has 6 nitrogen and oxygen atoms in total. The van der Waals surface area contributed by atoms with Crippen molar-refractivity contribution in [2.24, 2.45) is 0 Å². The van der Waals surface area contributed by atoms with E-state index in [1.165, 1.54) is 0 Å². The number of aromatic amines is 1. The van der Waals surface area contributed by atoms with Crippen molar-refractivity contribution in [3.8, 4) is 11.3 Å². The van der Waals surface area contributed by atoms with E-state index in [9.17, 15) is 0 Å². The maximum absolute atomic E-state index is 4.56. The first-order chi connectivity index (χ1) is 11.9. The van der Waals surface area contributed by atoms with Crippen LogP contribution in [0.5, 0.6) is 0 Å². The third-order valence-corrected chi connectivity index (χ3v) is 4.59. The summed E-state index contributed by atoms with van der Waals surface area (Å²) in [4.78, 5) is 13.1. The number of fused-ring (bicyclic) bond motifs is 2. The molecule has 0 radical (unpaired) electrons. The first-order valence-corrected chi connectivity index (χ1v) is 8.36. The number of nitrogens with zero attached hydrogens (tertiary/aromatic N) is 4. The van der Waals surface area contributed by atoms with Crippen molar-refractivity contribution in [3.05, 3.63) is 60.0 Å². The second-order valence-electron chi connectivity index (χ2n) is 5.34. The van der Waals surface area contributed by atoms with Gasteiger partial charge in [0.15, 0.2) is 0 Å². The molecule has 0 saturated carbocycles. The second kappa shape index (κ2) is 5.17. The van der Waals surface area contributed by atoms with E-state index in [0.29, 0.717) is 11.9 Å². The summed E-state index contributed by atoms with van der Waals surface area (Å²) in [5.41, 5.74) is 4.03. The zero-order chi connectivity index (χ0) is 15.9. The normalized spacial score (nSPS) is 11.3. The molecule has 5 aromatic rings. The molecule has 0 atom stereocenters. The fourth-order valence-electron chi connectivity index (χ4n) is 2.66. The summed E-state index contributed by atoms with van der Waals surface area (Å²) < 4.78 is 1.85. The maximum atomic E-state index is 4.56. The number of imidazole rings is 1. The summed E-state index contributed by atoms with van der Waals surface area (Å²) in [6.07, 6.45) is 0. The SMILES string of the molecule is c1ccc(-c2csc3nc(Nc4nc5ccccc5[nH]4)nn23)cc1. The van der Waals surface area contributed by atoms with Crippen molar-refractivity contribution < 1.29 is 0 Å². The highest BCUT2D eigenvalue weighted by Gasteiger charge is 2.12. The van der Waals surface area contributed by atoms with E-state index >= 15 is 0 Å².